The number of benzene rings is 4. The summed E-state index contributed by atoms with van der Waals surface area (Å²) < 4.78 is 35.2. The number of nitriles is 1. The number of ether oxygens (including phenoxy) is 3. The molecule has 0 spiro atoms. The minimum Gasteiger partial charge on any atom is -0.497 e. The number of amides is 1. The van der Waals surface area contributed by atoms with E-state index in [1.807, 2.05) is 137 Å². The summed E-state index contributed by atoms with van der Waals surface area (Å²) in [5.74, 6) is 0.797. The highest BCUT2D eigenvalue weighted by Crippen LogP contribution is 2.51. The Bertz CT molecular complexity index is 2220. The van der Waals surface area contributed by atoms with E-state index in [4.69, 9.17) is 23.3 Å². The maximum absolute atomic E-state index is 14.3. The van der Waals surface area contributed by atoms with Crippen LogP contribution in [0.1, 0.15) is 68.0 Å². The summed E-state index contributed by atoms with van der Waals surface area (Å²) in [7, 11) is 1.39. The van der Waals surface area contributed by atoms with Gasteiger partial charge in [0.15, 0.2) is 0 Å². The van der Waals surface area contributed by atoms with E-state index in [1.54, 1.807) is 21.1 Å². The van der Waals surface area contributed by atoms with Crippen LogP contribution in [0.4, 0.5) is 0 Å². The fourth-order valence-electron chi connectivity index (χ4n) is 7.04. The number of nitrogens with zero attached hydrogens (tertiary/aromatic N) is 3. The minimum absolute atomic E-state index is 0.00913. The lowest BCUT2D eigenvalue weighted by molar-refractivity contribution is -0.124. The Morgan fingerprint density at radius 3 is 1.88 bits per heavy atom. The second-order valence-electron chi connectivity index (χ2n) is 14.7. The SMILES string of the molecule is COc1ccc(C(OC[C@H](NC(=O)Cn2cc(C)c(=O)[nH]c2=O)[C@H](OP(OCCC#N)N(C(C)C)C(C)C)c2ccccc2)(c2ccccc2)c2ccc(OC)cc2)cc1. The van der Waals surface area contributed by atoms with Gasteiger partial charge in [0.05, 0.1) is 46.0 Å². The average Bonchev–Trinajstić information content (AvgIpc) is 3.25. The molecule has 316 valence electrons. The van der Waals surface area contributed by atoms with Crippen LogP contribution in [0.2, 0.25) is 0 Å². The summed E-state index contributed by atoms with van der Waals surface area (Å²) in [6.45, 7) is 9.38. The molecule has 0 aliphatic rings. The van der Waals surface area contributed by atoms with Gasteiger partial charge in [-0.3, -0.25) is 19.1 Å². The number of nitrogens with one attached hydrogen (secondary N) is 2. The van der Waals surface area contributed by atoms with Gasteiger partial charge in [0, 0.05) is 23.8 Å². The van der Waals surface area contributed by atoms with Gasteiger partial charge < -0.3 is 28.6 Å². The van der Waals surface area contributed by atoms with Gasteiger partial charge in [-0.1, -0.05) is 84.9 Å². The van der Waals surface area contributed by atoms with E-state index < -0.39 is 50.0 Å². The first kappa shape index (κ1) is 45.5. The molecule has 0 radical (unpaired) electrons. The highest BCUT2D eigenvalue weighted by Gasteiger charge is 2.41. The number of hydrogen-bond acceptors (Lipinski definition) is 10. The molecule has 13 nitrogen and oxygen atoms in total. The van der Waals surface area contributed by atoms with E-state index in [0.29, 0.717) is 11.5 Å². The summed E-state index contributed by atoms with van der Waals surface area (Å²) in [4.78, 5) is 41.6. The number of methoxy groups -OCH3 is 2. The third kappa shape index (κ3) is 11.2. The zero-order valence-corrected chi connectivity index (χ0v) is 36.1. The number of H-pyrrole nitrogens is 1. The first-order chi connectivity index (χ1) is 28.9. The number of carbonyl (C=O) groups excluding carboxylic acids is 1. The molecule has 1 heterocycles. The van der Waals surface area contributed by atoms with Crippen molar-refractivity contribution in [2.24, 2.45) is 0 Å². The largest absolute Gasteiger partial charge is 0.497 e. The minimum atomic E-state index is -1.83. The first-order valence-corrected chi connectivity index (χ1v) is 20.9. The molecule has 1 unspecified atom stereocenters. The second-order valence-corrected chi connectivity index (χ2v) is 16.1. The average molecular weight is 836 g/mol. The van der Waals surface area contributed by atoms with Crippen molar-refractivity contribution < 1.29 is 28.1 Å². The Hall–Kier alpha value is -5.61. The molecule has 0 aliphatic heterocycles. The molecule has 5 aromatic rings. The lowest BCUT2D eigenvalue weighted by atomic mass is 9.80. The van der Waals surface area contributed by atoms with E-state index >= 15 is 0 Å². The van der Waals surface area contributed by atoms with Crippen LogP contribution < -0.4 is 26.0 Å². The van der Waals surface area contributed by atoms with Crippen molar-refractivity contribution in [2.45, 2.75) is 77.4 Å². The van der Waals surface area contributed by atoms with Crippen LogP contribution in [0.3, 0.4) is 0 Å². The van der Waals surface area contributed by atoms with Crippen LogP contribution in [-0.2, 0) is 30.7 Å². The van der Waals surface area contributed by atoms with Crippen LogP contribution in [0, 0.1) is 18.3 Å². The van der Waals surface area contributed by atoms with Crippen LogP contribution in [0.5, 0.6) is 11.5 Å². The third-order valence-electron chi connectivity index (χ3n) is 9.86. The summed E-state index contributed by atoms with van der Waals surface area (Å²) in [6, 6.07) is 35.8. The molecular formula is C46H54N5O8P. The predicted molar refractivity (Wildman–Crippen MR) is 232 cm³/mol. The molecule has 14 heteroatoms. The summed E-state index contributed by atoms with van der Waals surface area (Å²) in [5.41, 5.74) is 0.881. The lowest BCUT2D eigenvalue weighted by Gasteiger charge is -2.41. The molecule has 60 heavy (non-hydrogen) atoms. The van der Waals surface area contributed by atoms with Gasteiger partial charge in [0.1, 0.15) is 29.7 Å². The molecule has 4 aromatic carbocycles. The van der Waals surface area contributed by atoms with Crippen LogP contribution >= 0.6 is 8.53 Å². The van der Waals surface area contributed by atoms with Gasteiger partial charge in [0.2, 0.25) is 5.91 Å². The zero-order valence-electron chi connectivity index (χ0n) is 35.2. The van der Waals surface area contributed by atoms with Crippen molar-refractivity contribution in [3.8, 4) is 17.6 Å². The molecule has 5 rings (SSSR count). The molecule has 0 bridgehead atoms. The number of hydrogen-bond donors (Lipinski definition) is 2. The maximum Gasteiger partial charge on any atom is 0.328 e. The Morgan fingerprint density at radius 2 is 1.37 bits per heavy atom. The second kappa shape index (κ2) is 21.6. The molecule has 2 N–H and O–H groups in total. The molecular weight excluding hydrogens is 782 g/mol. The Kier molecular flexibility index (Phi) is 16.4. The Balaban J connectivity index is 1.70. The molecule has 1 aromatic heterocycles. The van der Waals surface area contributed by atoms with E-state index in [9.17, 15) is 19.6 Å². The van der Waals surface area contributed by atoms with Gasteiger partial charge >= 0.3 is 5.69 Å². The third-order valence-corrected chi connectivity index (χ3v) is 12.0. The lowest BCUT2D eigenvalue weighted by Crippen LogP contribution is -2.48. The number of rotatable bonds is 21. The number of aromatic amines is 1. The summed E-state index contributed by atoms with van der Waals surface area (Å²) >= 11 is 0. The molecule has 1 amide bonds. The highest BCUT2D eigenvalue weighted by atomic mass is 31.2. The van der Waals surface area contributed by atoms with E-state index in [1.165, 1.54) is 6.20 Å². The number of carbonyl (C=O) groups is 1. The first-order valence-electron chi connectivity index (χ1n) is 19.8. The smallest absolute Gasteiger partial charge is 0.328 e. The molecule has 0 saturated heterocycles. The Morgan fingerprint density at radius 1 is 0.833 bits per heavy atom. The van der Waals surface area contributed by atoms with Crippen molar-refractivity contribution in [1.82, 2.24) is 19.5 Å². The molecule has 0 aliphatic carbocycles. The van der Waals surface area contributed by atoms with Crippen molar-refractivity contribution in [1.29, 1.82) is 5.26 Å². The fourth-order valence-corrected chi connectivity index (χ4v) is 8.81. The Labute approximate surface area is 352 Å². The highest BCUT2D eigenvalue weighted by molar-refractivity contribution is 7.44. The standard InChI is InChI=1S/C46H54N5O8P/c1-32(2)51(33(3)4)60(58-28-14-27-47)59-43(35-15-10-8-11-16-35)41(48-42(52)30-50-29-34(5)44(53)49-45(50)54)31-57-46(36-17-12-9-13-18-36,37-19-23-39(55-6)24-20-37)38-21-25-40(56-7)26-22-38/h8-13,15-26,29,32-33,41,43H,14,28,30-31H2,1-7H3,(H,48,52)(H,49,53,54)/t41-,43+,60?/m0/s1. The van der Waals surface area contributed by atoms with Gasteiger partial charge in [-0.25, -0.2) is 9.46 Å². The predicted octanol–water partition coefficient (Wildman–Crippen LogP) is 7.39. The summed E-state index contributed by atoms with van der Waals surface area (Å²) in [5, 5.41) is 12.6. The van der Waals surface area contributed by atoms with Gasteiger partial charge in [-0.05, 0) is 81.1 Å². The van der Waals surface area contributed by atoms with Crippen molar-refractivity contribution in [3.05, 3.63) is 164 Å². The monoisotopic (exact) mass is 835 g/mol. The van der Waals surface area contributed by atoms with Crippen LogP contribution in [-0.4, -0.2) is 65.7 Å². The summed E-state index contributed by atoms with van der Waals surface area (Å²) in [6.07, 6.45) is 0.635. The van der Waals surface area contributed by atoms with Gasteiger partial charge in [0.25, 0.3) is 14.1 Å². The van der Waals surface area contributed by atoms with Crippen molar-refractivity contribution in [3.63, 3.8) is 0 Å². The van der Waals surface area contributed by atoms with Crippen molar-refractivity contribution >= 4 is 14.4 Å². The van der Waals surface area contributed by atoms with Gasteiger partial charge in [-0.15, -0.1) is 0 Å². The quantitative estimate of drug-likeness (QED) is 0.0434. The molecule has 0 fully saturated rings. The number of aryl methyl sites for hydroxylation is 1. The van der Waals surface area contributed by atoms with E-state index in [-0.39, 0.29) is 37.3 Å². The van der Waals surface area contributed by atoms with Gasteiger partial charge in [-0.2, -0.15) is 5.26 Å². The van der Waals surface area contributed by atoms with Crippen LogP contribution in [0.15, 0.2) is 125 Å². The van der Waals surface area contributed by atoms with E-state index in [2.05, 4.69) is 21.0 Å². The topological polar surface area (TPSA) is 157 Å². The van der Waals surface area contributed by atoms with Crippen molar-refractivity contribution in [2.75, 3.05) is 27.4 Å². The fraction of sp³-hybridized carbons (Fsp3) is 0.348. The number of aromatic nitrogens is 2. The van der Waals surface area contributed by atoms with Crippen LogP contribution in [0.25, 0.3) is 0 Å². The normalized spacial score (nSPS) is 13.2. The molecule has 0 saturated carbocycles. The zero-order chi connectivity index (χ0) is 43.2. The van der Waals surface area contributed by atoms with E-state index in [0.717, 1.165) is 26.8 Å². The maximum atomic E-state index is 14.3. The molecule has 3 atom stereocenters.